The number of nitro groups is 1. The third-order valence-corrected chi connectivity index (χ3v) is 5.31. The van der Waals surface area contributed by atoms with Gasteiger partial charge in [-0.3, -0.25) is 24.5 Å². The van der Waals surface area contributed by atoms with E-state index in [0.29, 0.717) is 21.3 Å². The van der Waals surface area contributed by atoms with Crippen molar-refractivity contribution in [2.24, 2.45) is 0 Å². The lowest BCUT2D eigenvalue weighted by Crippen LogP contribution is -2.22. The van der Waals surface area contributed by atoms with E-state index >= 15 is 0 Å². The molecular weight excluding hydrogens is 392 g/mol. The summed E-state index contributed by atoms with van der Waals surface area (Å²) in [7, 11) is 0. The van der Waals surface area contributed by atoms with Crippen molar-refractivity contribution in [3.8, 4) is 0 Å². The molecule has 0 saturated carbocycles. The Morgan fingerprint density at radius 2 is 1.52 bits per heavy atom. The van der Waals surface area contributed by atoms with Gasteiger partial charge in [0, 0.05) is 28.8 Å². The van der Waals surface area contributed by atoms with Crippen LogP contribution in [0.3, 0.4) is 0 Å². The molecule has 1 heterocycles. The summed E-state index contributed by atoms with van der Waals surface area (Å²) in [6, 6.07) is 18.5. The largest absolute Gasteiger partial charge is 0.315 e. The van der Waals surface area contributed by atoms with Gasteiger partial charge in [-0.05, 0) is 30.3 Å². The van der Waals surface area contributed by atoms with Crippen molar-refractivity contribution in [3.63, 3.8) is 0 Å². The molecule has 0 N–H and O–H groups in total. The second-order valence-electron chi connectivity index (χ2n) is 6.19. The molecule has 0 radical (unpaired) electrons. The number of non-ortho nitro benzene ring substituents is 1. The van der Waals surface area contributed by atoms with E-state index in [1.54, 1.807) is 42.5 Å². The molecule has 142 valence electrons. The summed E-state index contributed by atoms with van der Waals surface area (Å²) in [4.78, 5) is 47.6. The van der Waals surface area contributed by atoms with Crippen LogP contribution in [0.5, 0.6) is 0 Å². The summed E-state index contributed by atoms with van der Waals surface area (Å²) in [5.41, 5.74) is 1.34. The van der Waals surface area contributed by atoms with Gasteiger partial charge >= 0.3 is 4.87 Å². The number of fused-ring (bicyclic) bond motifs is 1. The molecule has 0 aliphatic rings. The average molecular weight is 404 g/mol. The van der Waals surface area contributed by atoms with Gasteiger partial charge in [0.2, 0.25) is 0 Å². The second kappa shape index (κ2) is 7.25. The van der Waals surface area contributed by atoms with E-state index in [9.17, 15) is 24.5 Å². The first-order valence-corrected chi connectivity index (χ1v) is 9.32. The van der Waals surface area contributed by atoms with Gasteiger partial charge in [-0.1, -0.05) is 41.7 Å². The van der Waals surface area contributed by atoms with E-state index in [1.165, 1.54) is 24.3 Å². The van der Waals surface area contributed by atoms with E-state index in [-0.39, 0.29) is 17.0 Å². The quantitative estimate of drug-likeness (QED) is 0.292. The first-order chi connectivity index (χ1) is 14.0. The van der Waals surface area contributed by atoms with Gasteiger partial charge in [-0.25, -0.2) is 4.57 Å². The van der Waals surface area contributed by atoms with Gasteiger partial charge in [0.15, 0.2) is 5.78 Å². The van der Waals surface area contributed by atoms with Crippen LogP contribution in [-0.2, 0) is 0 Å². The number of benzene rings is 3. The van der Waals surface area contributed by atoms with Crippen molar-refractivity contribution in [3.05, 3.63) is 109 Å². The van der Waals surface area contributed by atoms with E-state index in [0.717, 1.165) is 15.9 Å². The Hall–Kier alpha value is -3.91. The minimum absolute atomic E-state index is 0.145. The van der Waals surface area contributed by atoms with Crippen molar-refractivity contribution in [1.82, 2.24) is 4.57 Å². The van der Waals surface area contributed by atoms with Crippen LogP contribution in [0, 0.1) is 10.1 Å². The number of ketones is 1. The predicted octanol–water partition coefficient (Wildman–Crippen LogP) is 3.89. The van der Waals surface area contributed by atoms with Crippen LogP contribution in [0.25, 0.3) is 10.2 Å². The number of hydrogen-bond acceptors (Lipinski definition) is 6. The first-order valence-electron chi connectivity index (χ1n) is 8.50. The lowest BCUT2D eigenvalue weighted by atomic mass is 10.0. The fourth-order valence-electron chi connectivity index (χ4n) is 2.96. The van der Waals surface area contributed by atoms with Crippen molar-refractivity contribution in [1.29, 1.82) is 0 Å². The fourth-order valence-corrected chi connectivity index (χ4v) is 3.87. The standard InChI is InChI=1S/C21H12N2O5S/c24-19(13-4-2-1-3-5-13)15-8-11-17-18(12-15)29-21(26)22(17)20(25)14-6-9-16(10-7-14)23(27)28/h1-12H. The highest BCUT2D eigenvalue weighted by atomic mass is 32.1. The highest BCUT2D eigenvalue weighted by Gasteiger charge is 2.19. The highest BCUT2D eigenvalue weighted by molar-refractivity contribution is 7.16. The zero-order valence-corrected chi connectivity index (χ0v) is 15.6. The van der Waals surface area contributed by atoms with Crippen LogP contribution >= 0.6 is 11.3 Å². The van der Waals surface area contributed by atoms with Crippen LogP contribution in [0.2, 0.25) is 0 Å². The van der Waals surface area contributed by atoms with Crippen LogP contribution in [0.1, 0.15) is 26.3 Å². The molecule has 8 heteroatoms. The molecule has 0 unspecified atom stereocenters. The summed E-state index contributed by atoms with van der Waals surface area (Å²) >= 11 is 0.863. The van der Waals surface area contributed by atoms with Gasteiger partial charge in [0.05, 0.1) is 15.1 Å². The summed E-state index contributed by atoms with van der Waals surface area (Å²) < 4.78 is 1.52. The molecule has 0 bridgehead atoms. The minimum atomic E-state index is -0.585. The Morgan fingerprint density at radius 1 is 0.862 bits per heavy atom. The van der Waals surface area contributed by atoms with Gasteiger partial charge in [-0.2, -0.15) is 0 Å². The van der Waals surface area contributed by atoms with Crippen molar-refractivity contribution < 1.29 is 14.5 Å². The highest BCUT2D eigenvalue weighted by Crippen LogP contribution is 2.22. The zero-order chi connectivity index (χ0) is 20.5. The Labute approximate surface area is 167 Å². The van der Waals surface area contributed by atoms with Crippen LogP contribution in [-0.4, -0.2) is 21.2 Å². The first kappa shape index (κ1) is 18.5. The Balaban J connectivity index is 1.74. The number of nitro benzene ring substituents is 1. The van der Waals surface area contributed by atoms with Crippen molar-refractivity contribution in [2.75, 3.05) is 0 Å². The smallest absolute Gasteiger partial charge is 0.289 e. The lowest BCUT2D eigenvalue weighted by molar-refractivity contribution is -0.384. The molecule has 0 atom stereocenters. The van der Waals surface area contributed by atoms with Crippen LogP contribution in [0.15, 0.2) is 77.6 Å². The number of carbonyl (C=O) groups excluding carboxylic acids is 2. The summed E-state index contributed by atoms with van der Waals surface area (Å²) in [5, 5.41) is 10.8. The second-order valence-corrected chi connectivity index (χ2v) is 7.18. The molecule has 3 aromatic carbocycles. The number of rotatable bonds is 4. The molecule has 1 aromatic heterocycles. The number of nitrogens with zero attached hydrogens (tertiary/aromatic N) is 2. The number of aromatic nitrogens is 1. The molecule has 0 saturated heterocycles. The molecule has 7 nitrogen and oxygen atoms in total. The van der Waals surface area contributed by atoms with Crippen molar-refractivity contribution in [2.45, 2.75) is 0 Å². The van der Waals surface area contributed by atoms with E-state index in [2.05, 4.69) is 0 Å². The molecule has 0 amide bonds. The van der Waals surface area contributed by atoms with E-state index < -0.39 is 15.7 Å². The molecule has 0 aliphatic carbocycles. The summed E-state index contributed by atoms with van der Waals surface area (Å²) in [6.45, 7) is 0. The molecule has 4 aromatic rings. The molecular formula is C21H12N2O5S. The Kier molecular flexibility index (Phi) is 4.61. The maximum Gasteiger partial charge on any atom is 0.315 e. The lowest BCUT2D eigenvalue weighted by Gasteiger charge is -2.04. The van der Waals surface area contributed by atoms with E-state index in [1.807, 2.05) is 6.07 Å². The number of hydrogen-bond donors (Lipinski definition) is 0. The zero-order valence-electron chi connectivity index (χ0n) is 14.8. The Morgan fingerprint density at radius 3 is 2.17 bits per heavy atom. The van der Waals surface area contributed by atoms with Crippen LogP contribution < -0.4 is 4.87 Å². The van der Waals surface area contributed by atoms with Gasteiger partial charge in [0.1, 0.15) is 0 Å². The van der Waals surface area contributed by atoms with Crippen LogP contribution in [0.4, 0.5) is 5.69 Å². The number of carbonyl (C=O) groups is 2. The molecule has 0 fully saturated rings. The topological polar surface area (TPSA) is 99.3 Å². The summed E-state index contributed by atoms with van der Waals surface area (Å²) in [5.74, 6) is -0.764. The SMILES string of the molecule is O=C(c1ccccc1)c1ccc2c(c1)sc(=O)n2C(=O)c1ccc([N+](=O)[O-])cc1. The third kappa shape index (κ3) is 3.37. The minimum Gasteiger partial charge on any atom is -0.289 e. The molecule has 0 aliphatic heterocycles. The monoisotopic (exact) mass is 404 g/mol. The molecule has 0 spiro atoms. The van der Waals surface area contributed by atoms with Crippen molar-refractivity contribution >= 4 is 38.9 Å². The van der Waals surface area contributed by atoms with Gasteiger partial charge in [-0.15, -0.1) is 0 Å². The Bertz CT molecular complexity index is 1320. The number of thiazole rings is 1. The predicted molar refractivity (Wildman–Crippen MR) is 109 cm³/mol. The third-order valence-electron chi connectivity index (χ3n) is 4.41. The van der Waals surface area contributed by atoms with Gasteiger partial charge in [0.25, 0.3) is 11.6 Å². The maximum atomic E-state index is 12.8. The van der Waals surface area contributed by atoms with Gasteiger partial charge < -0.3 is 0 Å². The fraction of sp³-hybridized carbons (Fsp3) is 0. The normalized spacial score (nSPS) is 10.8. The summed E-state index contributed by atoms with van der Waals surface area (Å²) in [6.07, 6.45) is 0. The molecule has 29 heavy (non-hydrogen) atoms. The van der Waals surface area contributed by atoms with E-state index in [4.69, 9.17) is 0 Å². The average Bonchev–Trinajstić information content (AvgIpc) is 3.08. The maximum absolute atomic E-state index is 12.8. The molecule has 4 rings (SSSR count).